The summed E-state index contributed by atoms with van der Waals surface area (Å²) in [6.45, 7) is 4.09. The highest BCUT2D eigenvalue weighted by molar-refractivity contribution is 5.72. The van der Waals surface area contributed by atoms with E-state index in [4.69, 9.17) is 9.47 Å². The van der Waals surface area contributed by atoms with Crippen LogP contribution in [0.2, 0.25) is 0 Å². The minimum atomic E-state index is -1.21. The zero-order valence-corrected chi connectivity index (χ0v) is 13.5. The molecule has 0 atom stereocenters. The van der Waals surface area contributed by atoms with Gasteiger partial charge in [-0.1, -0.05) is 13.3 Å². The van der Waals surface area contributed by atoms with Gasteiger partial charge in [0, 0.05) is 11.1 Å². The Morgan fingerprint density at radius 2 is 1.46 bits per heavy atom. The molecule has 2 aromatic carbocycles. The maximum atomic E-state index is 14.2. The standard InChI is InChI=1S/C18H19F3O3/c1-3-5-10-24-14-9-7-12(18(22)17(14)21)11-6-8-13(23-4-2)16(20)15(11)19/h6-9,22H,3-5,10H2,1-2H3. The van der Waals surface area contributed by atoms with Gasteiger partial charge >= 0.3 is 0 Å². The summed E-state index contributed by atoms with van der Waals surface area (Å²) in [5.41, 5.74) is -0.415. The first-order chi connectivity index (χ1) is 11.5. The van der Waals surface area contributed by atoms with E-state index in [2.05, 4.69) is 0 Å². The van der Waals surface area contributed by atoms with Crippen molar-refractivity contribution in [2.24, 2.45) is 0 Å². The molecule has 3 nitrogen and oxygen atoms in total. The van der Waals surface area contributed by atoms with Crippen LogP contribution in [-0.2, 0) is 0 Å². The van der Waals surface area contributed by atoms with Gasteiger partial charge in [-0.2, -0.15) is 8.78 Å². The first kappa shape index (κ1) is 18.0. The summed E-state index contributed by atoms with van der Waals surface area (Å²) in [6, 6.07) is 5.04. The van der Waals surface area contributed by atoms with Gasteiger partial charge in [0.2, 0.25) is 11.6 Å². The lowest BCUT2D eigenvalue weighted by molar-refractivity contribution is 0.288. The van der Waals surface area contributed by atoms with Gasteiger partial charge in [0.25, 0.3) is 0 Å². The number of phenols is 1. The average molecular weight is 340 g/mol. The normalized spacial score (nSPS) is 10.7. The van der Waals surface area contributed by atoms with Gasteiger partial charge in [-0.3, -0.25) is 0 Å². The van der Waals surface area contributed by atoms with E-state index in [1.54, 1.807) is 6.92 Å². The number of halogens is 3. The summed E-state index contributed by atoms with van der Waals surface area (Å²) < 4.78 is 52.6. The molecular formula is C18H19F3O3. The molecule has 0 saturated carbocycles. The Labute approximate surface area is 138 Å². The summed E-state index contributed by atoms with van der Waals surface area (Å²) in [6.07, 6.45) is 1.61. The third-order valence-electron chi connectivity index (χ3n) is 3.47. The molecule has 0 bridgehead atoms. The highest BCUT2D eigenvalue weighted by Crippen LogP contribution is 2.39. The molecule has 2 aromatic rings. The van der Waals surface area contributed by atoms with Gasteiger partial charge < -0.3 is 14.6 Å². The Balaban J connectivity index is 2.39. The molecule has 0 spiro atoms. The Morgan fingerprint density at radius 1 is 0.833 bits per heavy atom. The molecule has 0 radical (unpaired) electrons. The second kappa shape index (κ2) is 7.95. The summed E-state index contributed by atoms with van der Waals surface area (Å²) in [7, 11) is 0. The van der Waals surface area contributed by atoms with Gasteiger partial charge in [-0.25, -0.2) is 4.39 Å². The Hall–Kier alpha value is -2.37. The molecule has 0 heterocycles. The van der Waals surface area contributed by atoms with Crippen molar-refractivity contribution < 1.29 is 27.8 Å². The minimum Gasteiger partial charge on any atom is -0.504 e. The number of ether oxygens (including phenoxy) is 2. The molecule has 0 aromatic heterocycles. The fourth-order valence-corrected chi connectivity index (χ4v) is 2.21. The van der Waals surface area contributed by atoms with E-state index in [0.29, 0.717) is 6.61 Å². The number of hydrogen-bond acceptors (Lipinski definition) is 3. The Bertz CT molecular complexity index is 717. The van der Waals surface area contributed by atoms with Crippen LogP contribution in [0.15, 0.2) is 24.3 Å². The quantitative estimate of drug-likeness (QED) is 0.717. The maximum absolute atomic E-state index is 14.2. The van der Waals surface area contributed by atoms with Gasteiger partial charge in [-0.15, -0.1) is 0 Å². The van der Waals surface area contributed by atoms with Crippen LogP contribution in [0, 0.1) is 17.5 Å². The van der Waals surface area contributed by atoms with E-state index in [-0.39, 0.29) is 29.2 Å². The highest BCUT2D eigenvalue weighted by Gasteiger charge is 2.21. The van der Waals surface area contributed by atoms with Crippen LogP contribution in [0.25, 0.3) is 11.1 Å². The smallest absolute Gasteiger partial charge is 0.207 e. The SMILES string of the molecule is CCCCOc1ccc(-c2ccc(OCC)c(F)c2F)c(O)c1F. The first-order valence-electron chi connectivity index (χ1n) is 7.76. The van der Waals surface area contributed by atoms with Crippen molar-refractivity contribution in [1.29, 1.82) is 0 Å². The molecule has 130 valence electrons. The van der Waals surface area contributed by atoms with E-state index < -0.39 is 23.2 Å². The third-order valence-corrected chi connectivity index (χ3v) is 3.47. The molecule has 0 aliphatic heterocycles. The molecule has 0 unspecified atom stereocenters. The van der Waals surface area contributed by atoms with Gasteiger partial charge in [0.05, 0.1) is 13.2 Å². The molecule has 0 saturated heterocycles. The monoisotopic (exact) mass is 340 g/mol. The van der Waals surface area contributed by atoms with Crippen molar-refractivity contribution in [2.75, 3.05) is 13.2 Å². The van der Waals surface area contributed by atoms with Crippen molar-refractivity contribution in [1.82, 2.24) is 0 Å². The molecule has 1 N–H and O–H groups in total. The van der Waals surface area contributed by atoms with Crippen molar-refractivity contribution in [2.45, 2.75) is 26.7 Å². The van der Waals surface area contributed by atoms with Crippen molar-refractivity contribution in [3.63, 3.8) is 0 Å². The zero-order valence-electron chi connectivity index (χ0n) is 13.5. The summed E-state index contributed by atoms with van der Waals surface area (Å²) in [4.78, 5) is 0. The van der Waals surface area contributed by atoms with Crippen LogP contribution in [0.5, 0.6) is 17.2 Å². The Morgan fingerprint density at radius 3 is 2.08 bits per heavy atom. The van der Waals surface area contributed by atoms with E-state index >= 15 is 0 Å². The third kappa shape index (κ3) is 3.58. The van der Waals surface area contributed by atoms with Gasteiger partial charge in [0.15, 0.2) is 23.1 Å². The van der Waals surface area contributed by atoms with Crippen LogP contribution in [0.1, 0.15) is 26.7 Å². The lowest BCUT2D eigenvalue weighted by Gasteiger charge is -2.13. The average Bonchev–Trinajstić information content (AvgIpc) is 2.57. The summed E-state index contributed by atoms with van der Waals surface area (Å²) >= 11 is 0. The lowest BCUT2D eigenvalue weighted by atomic mass is 10.0. The minimum absolute atomic E-state index is 0.128. The fourth-order valence-electron chi connectivity index (χ4n) is 2.21. The molecular weight excluding hydrogens is 321 g/mol. The number of aromatic hydroxyl groups is 1. The predicted molar refractivity (Wildman–Crippen MR) is 85.0 cm³/mol. The molecule has 0 fully saturated rings. The van der Waals surface area contributed by atoms with E-state index in [1.807, 2.05) is 6.92 Å². The zero-order chi connectivity index (χ0) is 17.7. The van der Waals surface area contributed by atoms with Crippen LogP contribution < -0.4 is 9.47 Å². The highest BCUT2D eigenvalue weighted by atomic mass is 19.2. The number of rotatable bonds is 7. The Kier molecular flexibility index (Phi) is 5.95. The molecule has 6 heteroatoms. The van der Waals surface area contributed by atoms with Gasteiger partial charge in [0.1, 0.15) is 0 Å². The lowest BCUT2D eigenvalue weighted by Crippen LogP contribution is -2.01. The van der Waals surface area contributed by atoms with E-state index in [9.17, 15) is 18.3 Å². The first-order valence-corrected chi connectivity index (χ1v) is 7.76. The van der Waals surface area contributed by atoms with Crippen LogP contribution in [0.4, 0.5) is 13.2 Å². The van der Waals surface area contributed by atoms with Crippen LogP contribution >= 0.6 is 0 Å². The van der Waals surface area contributed by atoms with Crippen LogP contribution in [-0.4, -0.2) is 18.3 Å². The molecule has 0 amide bonds. The maximum Gasteiger partial charge on any atom is 0.207 e. The molecule has 24 heavy (non-hydrogen) atoms. The van der Waals surface area contributed by atoms with Crippen LogP contribution in [0.3, 0.4) is 0 Å². The number of benzene rings is 2. The summed E-state index contributed by atoms with van der Waals surface area (Å²) in [5, 5.41) is 10.0. The van der Waals surface area contributed by atoms with Crippen molar-refractivity contribution in [3.8, 4) is 28.4 Å². The number of unbranched alkanes of at least 4 members (excludes halogenated alkanes) is 1. The van der Waals surface area contributed by atoms with Gasteiger partial charge in [-0.05, 0) is 37.6 Å². The van der Waals surface area contributed by atoms with Crippen molar-refractivity contribution in [3.05, 3.63) is 41.7 Å². The second-order valence-electron chi connectivity index (χ2n) is 5.15. The molecule has 0 aliphatic carbocycles. The fraction of sp³-hybridized carbons (Fsp3) is 0.333. The van der Waals surface area contributed by atoms with E-state index in [1.165, 1.54) is 24.3 Å². The largest absolute Gasteiger partial charge is 0.504 e. The predicted octanol–water partition coefficient (Wildman–Crippen LogP) is 5.05. The second-order valence-corrected chi connectivity index (χ2v) is 5.15. The van der Waals surface area contributed by atoms with E-state index in [0.717, 1.165) is 12.8 Å². The topological polar surface area (TPSA) is 38.7 Å². The molecule has 2 rings (SSSR count). The molecule has 0 aliphatic rings. The summed E-state index contributed by atoms with van der Waals surface area (Å²) in [5.74, 6) is -4.55. The number of hydrogen-bond donors (Lipinski definition) is 1. The van der Waals surface area contributed by atoms with Crippen molar-refractivity contribution >= 4 is 0 Å². The number of phenolic OH excluding ortho intramolecular Hbond substituents is 1.